The first kappa shape index (κ1) is 11.7. The van der Waals surface area contributed by atoms with Crippen molar-refractivity contribution in [3.05, 3.63) is 24.8 Å². The highest BCUT2D eigenvalue weighted by Crippen LogP contribution is 2.15. The van der Waals surface area contributed by atoms with Gasteiger partial charge in [-0.05, 0) is 6.42 Å². The highest BCUT2D eigenvalue weighted by atomic mass is 28.3. The van der Waals surface area contributed by atoms with E-state index >= 15 is 0 Å². The van der Waals surface area contributed by atoms with Crippen LogP contribution in [0.25, 0.3) is 0 Å². The number of aliphatic hydroxyl groups excluding tert-OH is 1. The Bertz CT molecular complexity index is 161. The van der Waals surface area contributed by atoms with Crippen molar-refractivity contribution in [1.29, 1.82) is 0 Å². The van der Waals surface area contributed by atoms with Gasteiger partial charge in [0.05, 0.1) is 8.07 Å². The molecule has 0 spiro atoms. The summed E-state index contributed by atoms with van der Waals surface area (Å²) in [6.45, 7) is 11.9. The highest BCUT2D eigenvalue weighted by molar-refractivity contribution is 6.77. The van der Waals surface area contributed by atoms with E-state index in [0.29, 0.717) is 6.23 Å². The van der Waals surface area contributed by atoms with Crippen LogP contribution >= 0.6 is 0 Å². The molecule has 0 heterocycles. The molecule has 0 unspecified atom stereocenters. The maximum atomic E-state index is 9.04. The molecular weight excluding hydrogens is 164 g/mol. The van der Waals surface area contributed by atoms with E-state index in [0.717, 1.165) is 18.4 Å². The van der Waals surface area contributed by atoms with Crippen molar-refractivity contribution >= 4 is 8.07 Å². The average molecular weight is 184 g/mol. The minimum atomic E-state index is -1.28. The lowest BCUT2D eigenvalue weighted by molar-refractivity contribution is 0.357. The molecule has 1 nitrogen and oxygen atoms in total. The summed E-state index contributed by atoms with van der Waals surface area (Å²) < 4.78 is 0. The topological polar surface area (TPSA) is 20.2 Å². The molecular formula is C10H20OSi. The molecule has 0 amide bonds. The monoisotopic (exact) mass is 184 g/mol. The SMILES string of the molecule is C=CC(=C)CCC[Si](C)(C)CO. The van der Waals surface area contributed by atoms with Gasteiger partial charge >= 0.3 is 0 Å². The molecule has 0 atom stereocenters. The molecule has 1 N–H and O–H groups in total. The van der Waals surface area contributed by atoms with Gasteiger partial charge in [-0.15, -0.1) is 0 Å². The molecule has 0 saturated heterocycles. The number of rotatable bonds is 6. The zero-order chi connectivity index (χ0) is 9.61. The summed E-state index contributed by atoms with van der Waals surface area (Å²) in [5, 5.41) is 9.04. The fourth-order valence-electron chi connectivity index (χ4n) is 0.975. The Labute approximate surface area is 76.8 Å². The van der Waals surface area contributed by atoms with Gasteiger partial charge < -0.3 is 5.11 Å². The first-order valence-corrected chi connectivity index (χ1v) is 7.84. The second-order valence-electron chi connectivity index (χ2n) is 4.04. The van der Waals surface area contributed by atoms with Crippen LogP contribution in [0.15, 0.2) is 24.8 Å². The van der Waals surface area contributed by atoms with E-state index in [1.54, 1.807) is 0 Å². The summed E-state index contributed by atoms with van der Waals surface area (Å²) >= 11 is 0. The van der Waals surface area contributed by atoms with Crippen LogP contribution in [0.3, 0.4) is 0 Å². The van der Waals surface area contributed by atoms with Crippen molar-refractivity contribution < 1.29 is 5.11 Å². The Hall–Kier alpha value is -0.343. The van der Waals surface area contributed by atoms with Crippen LogP contribution in [0.4, 0.5) is 0 Å². The largest absolute Gasteiger partial charge is 0.400 e. The van der Waals surface area contributed by atoms with E-state index in [-0.39, 0.29) is 0 Å². The lowest BCUT2D eigenvalue weighted by Gasteiger charge is -2.18. The van der Waals surface area contributed by atoms with Gasteiger partial charge in [-0.25, -0.2) is 0 Å². The molecule has 0 aromatic carbocycles. The maximum Gasteiger partial charge on any atom is 0.0772 e. The predicted molar refractivity (Wildman–Crippen MR) is 57.9 cm³/mol. The summed E-state index contributed by atoms with van der Waals surface area (Å²) in [4.78, 5) is 0. The Balaban J connectivity index is 3.56. The Kier molecular flexibility index (Phi) is 5.18. The van der Waals surface area contributed by atoms with E-state index in [2.05, 4.69) is 26.3 Å². The third kappa shape index (κ3) is 5.33. The van der Waals surface area contributed by atoms with E-state index in [9.17, 15) is 0 Å². The van der Waals surface area contributed by atoms with E-state index < -0.39 is 8.07 Å². The minimum Gasteiger partial charge on any atom is -0.400 e. The molecule has 0 rings (SSSR count). The zero-order valence-corrected chi connectivity index (χ0v) is 9.27. The van der Waals surface area contributed by atoms with Crippen molar-refractivity contribution in [2.24, 2.45) is 0 Å². The lowest BCUT2D eigenvalue weighted by Crippen LogP contribution is -2.30. The zero-order valence-electron chi connectivity index (χ0n) is 8.27. The Morgan fingerprint density at radius 3 is 2.50 bits per heavy atom. The summed E-state index contributed by atoms with van der Waals surface area (Å²) in [7, 11) is -1.28. The summed E-state index contributed by atoms with van der Waals surface area (Å²) in [6.07, 6.45) is 4.38. The van der Waals surface area contributed by atoms with Gasteiger partial charge in [0, 0.05) is 6.23 Å². The van der Waals surface area contributed by atoms with Gasteiger partial charge in [0.25, 0.3) is 0 Å². The van der Waals surface area contributed by atoms with E-state index in [1.165, 1.54) is 6.04 Å². The van der Waals surface area contributed by atoms with Crippen LogP contribution in [0.1, 0.15) is 12.8 Å². The fraction of sp³-hybridized carbons (Fsp3) is 0.600. The van der Waals surface area contributed by atoms with Crippen LogP contribution in [0.5, 0.6) is 0 Å². The van der Waals surface area contributed by atoms with Crippen LogP contribution in [-0.4, -0.2) is 19.4 Å². The molecule has 2 heteroatoms. The molecule has 0 aliphatic rings. The van der Waals surface area contributed by atoms with Crippen LogP contribution in [0, 0.1) is 0 Å². The molecule has 0 aromatic rings. The highest BCUT2D eigenvalue weighted by Gasteiger charge is 2.18. The van der Waals surface area contributed by atoms with Crippen LogP contribution < -0.4 is 0 Å². The molecule has 70 valence electrons. The first-order chi connectivity index (χ1) is 5.52. The van der Waals surface area contributed by atoms with E-state index in [1.807, 2.05) is 6.08 Å². The number of hydrogen-bond acceptors (Lipinski definition) is 1. The molecule has 0 aromatic heterocycles. The average Bonchev–Trinajstić information content (AvgIpc) is 2.04. The van der Waals surface area contributed by atoms with Crippen molar-refractivity contribution in [3.8, 4) is 0 Å². The number of allylic oxidation sites excluding steroid dienone is 2. The van der Waals surface area contributed by atoms with Crippen molar-refractivity contribution in [2.45, 2.75) is 32.0 Å². The van der Waals surface area contributed by atoms with Gasteiger partial charge in [0.15, 0.2) is 0 Å². The molecule has 0 aliphatic carbocycles. The number of aliphatic hydroxyl groups is 1. The third-order valence-corrected chi connectivity index (χ3v) is 4.63. The van der Waals surface area contributed by atoms with Gasteiger partial charge in [-0.3, -0.25) is 0 Å². The maximum absolute atomic E-state index is 9.04. The third-order valence-electron chi connectivity index (χ3n) is 2.07. The molecule has 0 aliphatic heterocycles. The Morgan fingerprint density at radius 2 is 2.08 bits per heavy atom. The second-order valence-corrected chi connectivity index (χ2v) is 9.18. The van der Waals surface area contributed by atoms with Crippen molar-refractivity contribution in [1.82, 2.24) is 0 Å². The van der Waals surface area contributed by atoms with Gasteiger partial charge in [0.1, 0.15) is 0 Å². The standard InChI is InChI=1S/C10H20OSi/c1-5-10(2)7-6-8-12(3,4)9-11/h5,11H,1-2,6-9H2,3-4H3. The summed E-state index contributed by atoms with van der Waals surface area (Å²) in [6, 6.07) is 1.18. The van der Waals surface area contributed by atoms with Gasteiger partial charge in [-0.1, -0.05) is 50.4 Å². The smallest absolute Gasteiger partial charge is 0.0772 e. The lowest BCUT2D eigenvalue weighted by atomic mass is 10.2. The van der Waals surface area contributed by atoms with Gasteiger partial charge in [0.2, 0.25) is 0 Å². The van der Waals surface area contributed by atoms with Crippen LogP contribution in [0.2, 0.25) is 19.1 Å². The summed E-state index contributed by atoms with van der Waals surface area (Å²) in [5.41, 5.74) is 1.11. The molecule has 0 bridgehead atoms. The minimum absolute atomic E-state index is 0.396. The summed E-state index contributed by atoms with van der Waals surface area (Å²) in [5.74, 6) is 0. The van der Waals surface area contributed by atoms with Crippen molar-refractivity contribution in [3.63, 3.8) is 0 Å². The quantitative estimate of drug-likeness (QED) is 0.497. The van der Waals surface area contributed by atoms with E-state index in [4.69, 9.17) is 5.11 Å². The van der Waals surface area contributed by atoms with Gasteiger partial charge in [-0.2, -0.15) is 0 Å². The molecule has 0 saturated carbocycles. The van der Waals surface area contributed by atoms with Crippen molar-refractivity contribution in [2.75, 3.05) is 6.23 Å². The fourth-order valence-corrected chi connectivity index (χ4v) is 2.27. The first-order valence-electron chi connectivity index (χ1n) is 4.43. The Morgan fingerprint density at radius 1 is 1.50 bits per heavy atom. The molecule has 12 heavy (non-hydrogen) atoms. The predicted octanol–water partition coefficient (Wildman–Crippen LogP) is 2.75. The van der Waals surface area contributed by atoms with Crippen LogP contribution in [-0.2, 0) is 0 Å². The molecule has 0 radical (unpaired) electrons. The normalized spacial score (nSPS) is 11.2. The molecule has 0 fully saturated rings. The number of hydrogen-bond donors (Lipinski definition) is 1. The second kappa shape index (κ2) is 5.33.